The number of rotatable bonds is 4. The van der Waals surface area contributed by atoms with Crippen LogP contribution in [-0.4, -0.2) is 30.6 Å². The average molecular weight is 303 g/mol. The van der Waals surface area contributed by atoms with Gasteiger partial charge in [0.1, 0.15) is 0 Å². The summed E-state index contributed by atoms with van der Waals surface area (Å²) >= 11 is 5.36. The van der Waals surface area contributed by atoms with E-state index in [4.69, 9.17) is 0 Å². The van der Waals surface area contributed by atoms with Crippen LogP contribution in [0.1, 0.15) is 24.6 Å². The molecule has 0 amide bonds. The first-order chi connectivity index (χ1) is 7.78. The highest BCUT2D eigenvalue weighted by molar-refractivity contribution is 9.10. The van der Waals surface area contributed by atoms with Crippen molar-refractivity contribution in [3.8, 4) is 0 Å². The van der Waals surface area contributed by atoms with E-state index < -0.39 is 0 Å². The molecular formula is C12H19BrN2S. The SMILES string of the molecule is CCCC1CN(Cc2cc(Br)cs2)CCN1. The van der Waals surface area contributed by atoms with E-state index in [0.29, 0.717) is 6.04 Å². The van der Waals surface area contributed by atoms with Gasteiger partial charge < -0.3 is 5.32 Å². The number of nitrogens with one attached hydrogen (secondary N) is 1. The van der Waals surface area contributed by atoms with Gasteiger partial charge in [0.2, 0.25) is 0 Å². The Morgan fingerprint density at radius 1 is 1.62 bits per heavy atom. The summed E-state index contributed by atoms with van der Waals surface area (Å²) in [5.74, 6) is 0. The molecule has 0 bridgehead atoms. The van der Waals surface area contributed by atoms with Gasteiger partial charge in [0.05, 0.1) is 0 Å². The van der Waals surface area contributed by atoms with Crippen LogP contribution in [0.4, 0.5) is 0 Å². The van der Waals surface area contributed by atoms with E-state index in [0.717, 1.165) is 13.1 Å². The van der Waals surface area contributed by atoms with Gasteiger partial charge >= 0.3 is 0 Å². The standard InChI is InChI=1S/C12H19BrN2S/c1-2-3-11-7-15(5-4-14-11)8-12-6-10(13)9-16-12/h6,9,11,14H,2-5,7-8H2,1H3. The smallest absolute Gasteiger partial charge is 0.0329 e. The third-order valence-corrected chi connectivity index (χ3v) is 4.66. The van der Waals surface area contributed by atoms with Gasteiger partial charge in [-0.15, -0.1) is 11.3 Å². The Kier molecular flexibility index (Phi) is 4.82. The van der Waals surface area contributed by atoms with E-state index in [2.05, 4.69) is 44.5 Å². The summed E-state index contributed by atoms with van der Waals surface area (Å²) < 4.78 is 1.22. The molecule has 1 atom stereocenters. The predicted octanol–water partition coefficient (Wildman–Crippen LogP) is 3.08. The summed E-state index contributed by atoms with van der Waals surface area (Å²) in [6.07, 6.45) is 2.57. The van der Waals surface area contributed by atoms with Crippen molar-refractivity contribution in [2.75, 3.05) is 19.6 Å². The van der Waals surface area contributed by atoms with Crippen LogP contribution in [0.5, 0.6) is 0 Å². The molecule has 0 aliphatic carbocycles. The third-order valence-electron chi connectivity index (χ3n) is 2.98. The molecule has 1 fully saturated rings. The summed E-state index contributed by atoms with van der Waals surface area (Å²) in [4.78, 5) is 4.03. The lowest BCUT2D eigenvalue weighted by molar-refractivity contribution is 0.188. The molecule has 1 aromatic rings. The van der Waals surface area contributed by atoms with E-state index in [-0.39, 0.29) is 0 Å². The Hall–Kier alpha value is 0.1000. The minimum Gasteiger partial charge on any atom is -0.311 e. The Morgan fingerprint density at radius 2 is 2.50 bits per heavy atom. The maximum absolute atomic E-state index is 3.59. The first-order valence-electron chi connectivity index (χ1n) is 5.96. The maximum Gasteiger partial charge on any atom is 0.0329 e. The second kappa shape index (κ2) is 6.15. The summed E-state index contributed by atoms with van der Waals surface area (Å²) in [7, 11) is 0. The molecule has 1 aliphatic rings. The fraction of sp³-hybridized carbons (Fsp3) is 0.667. The fourth-order valence-electron chi connectivity index (χ4n) is 2.24. The number of halogens is 1. The van der Waals surface area contributed by atoms with Gasteiger partial charge in [-0.25, -0.2) is 0 Å². The first-order valence-corrected chi connectivity index (χ1v) is 7.64. The van der Waals surface area contributed by atoms with Gasteiger partial charge in [-0.05, 0) is 28.4 Å². The second-order valence-electron chi connectivity index (χ2n) is 4.41. The van der Waals surface area contributed by atoms with E-state index in [1.54, 1.807) is 0 Å². The van der Waals surface area contributed by atoms with Gasteiger partial charge in [0.15, 0.2) is 0 Å². The minimum absolute atomic E-state index is 0.696. The molecule has 0 spiro atoms. The predicted molar refractivity (Wildman–Crippen MR) is 74.0 cm³/mol. The van der Waals surface area contributed by atoms with Crippen molar-refractivity contribution < 1.29 is 0 Å². The topological polar surface area (TPSA) is 15.3 Å². The molecule has 2 rings (SSSR count). The Labute approximate surface area is 110 Å². The van der Waals surface area contributed by atoms with Crippen LogP contribution in [-0.2, 0) is 6.54 Å². The minimum atomic E-state index is 0.696. The molecule has 1 N–H and O–H groups in total. The molecule has 4 heteroatoms. The van der Waals surface area contributed by atoms with Crippen LogP contribution < -0.4 is 5.32 Å². The first kappa shape index (κ1) is 12.6. The van der Waals surface area contributed by atoms with Crippen molar-refractivity contribution in [1.82, 2.24) is 10.2 Å². The largest absolute Gasteiger partial charge is 0.311 e. The zero-order valence-electron chi connectivity index (χ0n) is 9.71. The van der Waals surface area contributed by atoms with Crippen LogP contribution >= 0.6 is 27.3 Å². The summed E-state index contributed by atoms with van der Waals surface area (Å²) in [6.45, 7) is 6.88. The molecule has 16 heavy (non-hydrogen) atoms. The Bertz CT molecular complexity index is 325. The lowest BCUT2D eigenvalue weighted by Gasteiger charge is -2.33. The molecule has 90 valence electrons. The third kappa shape index (κ3) is 3.55. The highest BCUT2D eigenvalue weighted by atomic mass is 79.9. The number of nitrogens with zero attached hydrogens (tertiary/aromatic N) is 1. The van der Waals surface area contributed by atoms with Crippen molar-refractivity contribution in [3.63, 3.8) is 0 Å². The van der Waals surface area contributed by atoms with Crippen molar-refractivity contribution in [1.29, 1.82) is 0 Å². The number of hydrogen-bond acceptors (Lipinski definition) is 3. The van der Waals surface area contributed by atoms with Gasteiger partial charge in [0.25, 0.3) is 0 Å². The van der Waals surface area contributed by atoms with Gasteiger partial charge in [0, 0.05) is 47.0 Å². The van der Waals surface area contributed by atoms with Crippen LogP contribution in [0, 0.1) is 0 Å². The molecular weight excluding hydrogens is 284 g/mol. The van der Waals surface area contributed by atoms with Crippen LogP contribution in [0.3, 0.4) is 0 Å². The van der Waals surface area contributed by atoms with E-state index in [1.165, 1.54) is 35.3 Å². The van der Waals surface area contributed by atoms with Crippen LogP contribution in [0.25, 0.3) is 0 Å². The van der Waals surface area contributed by atoms with Gasteiger partial charge in [-0.2, -0.15) is 0 Å². The lowest BCUT2D eigenvalue weighted by Crippen LogP contribution is -2.49. The molecule has 0 saturated carbocycles. The van der Waals surface area contributed by atoms with Crippen LogP contribution in [0.15, 0.2) is 15.9 Å². The summed E-state index contributed by atoms with van der Waals surface area (Å²) in [6, 6.07) is 2.93. The fourth-order valence-corrected chi connectivity index (χ4v) is 3.73. The molecule has 0 radical (unpaired) electrons. The highest BCUT2D eigenvalue weighted by Crippen LogP contribution is 2.21. The normalized spacial score (nSPS) is 22.5. The molecule has 2 heterocycles. The Morgan fingerprint density at radius 3 is 3.19 bits per heavy atom. The number of piperazine rings is 1. The summed E-state index contributed by atoms with van der Waals surface area (Å²) in [5.41, 5.74) is 0. The quantitative estimate of drug-likeness (QED) is 0.919. The zero-order valence-corrected chi connectivity index (χ0v) is 12.1. The van der Waals surface area contributed by atoms with Crippen molar-refractivity contribution in [3.05, 3.63) is 20.8 Å². The molecule has 2 nitrogen and oxygen atoms in total. The average Bonchev–Trinajstić information content (AvgIpc) is 2.65. The second-order valence-corrected chi connectivity index (χ2v) is 6.32. The van der Waals surface area contributed by atoms with Gasteiger partial charge in [-0.3, -0.25) is 4.90 Å². The van der Waals surface area contributed by atoms with Crippen molar-refractivity contribution >= 4 is 27.3 Å². The zero-order chi connectivity index (χ0) is 11.4. The number of hydrogen-bond donors (Lipinski definition) is 1. The highest BCUT2D eigenvalue weighted by Gasteiger charge is 2.18. The monoisotopic (exact) mass is 302 g/mol. The summed E-state index contributed by atoms with van der Waals surface area (Å²) in [5, 5.41) is 5.76. The Balaban J connectivity index is 1.85. The van der Waals surface area contributed by atoms with Crippen molar-refractivity contribution in [2.45, 2.75) is 32.4 Å². The van der Waals surface area contributed by atoms with Gasteiger partial charge in [-0.1, -0.05) is 13.3 Å². The van der Waals surface area contributed by atoms with Crippen molar-refractivity contribution in [2.24, 2.45) is 0 Å². The molecule has 1 saturated heterocycles. The molecule has 1 unspecified atom stereocenters. The van der Waals surface area contributed by atoms with E-state index >= 15 is 0 Å². The van der Waals surface area contributed by atoms with E-state index in [9.17, 15) is 0 Å². The maximum atomic E-state index is 3.59. The number of thiophene rings is 1. The lowest BCUT2D eigenvalue weighted by atomic mass is 10.1. The molecule has 1 aromatic heterocycles. The van der Waals surface area contributed by atoms with E-state index in [1.807, 2.05) is 11.3 Å². The molecule has 0 aromatic carbocycles. The van der Waals surface area contributed by atoms with Crippen LogP contribution in [0.2, 0.25) is 0 Å². The molecule has 1 aliphatic heterocycles.